The van der Waals surface area contributed by atoms with Gasteiger partial charge in [0, 0.05) is 6.54 Å². The predicted octanol–water partition coefficient (Wildman–Crippen LogP) is 3.42. The Bertz CT molecular complexity index is 800. The minimum Gasteiger partial charge on any atom is -0.368 e. The Morgan fingerprint density at radius 3 is 2.59 bits per heavy atom. The quantitative estimate of drug-likeness (QED) is 0.687. The summed E-state index contributed by atoms with van der Waals surface area (Å²) < 4.78 is 38.0. The third-order valence-corrected chi connectivity index (χ3v) is 5.25. The Morgan fingerprint density at radius 1 is 1.03 bits per heavy atom. The van der Waals surface area contributed by atoms with Crippen molar-refractivity contribution in [2.75, 3.05) is 13.1 Å². The van der Waals surface area contributed by atoms with Gasteiger partial charge in [0.1, 0.15) is 24.1 Å². The van der Waals surface area contributed by atoms with Crippen molar-refractivity contribution in [3.8, 4) is 0 Å². The van der Waals surface area contributed by atoms with Crippen molar-refractivity contribution in [1.82, 2.24) is 5.32 Å². The van der Waals surface area contributed by atoms with Gasteiger partial charge in [-0.05, 0) is 44.0 Å². The van der Waals surface area contributed by atoms with Crippen LogP contribution in [0.1, 0.15) is 25.0 Å². The zero-order valence-corrected chi connectivity index (χ0v) is 16.8. The first-order valence-corrected chi connectivity index (χ1v) is 10.1. The molecule has 4 rings (SSSR count). The molecule has 29 heavy (non-hydrogen) atoms. The molecule has 5 nitrogen and oxygen atoms in total. The number of fused-ring (bicyclic) bond motifs is 1. The van der Waals surface area contributed by atoms with Gasteiger partial charge < -0.3 is 24.3 Å². The van der Waals surface area contributed by atoms with Gasteiger partial charge in [0.25, 0.3) is 0 Å². The van der Waals surface area contributed by atoms with Crippen LogP contribution >= 0.6 is 0 Å². The molecule has 1 N–H and O–H groups in total. The third kappa shape index (κ3) is 5.02. The molecule has 2 aliphatic heterocycles. The van der Waals surface area contributed by atoms with Gasteiger partial charge in [-0.2, -0.15) is 0 Å². The van der Waals surface area contributed by atoms with Crippen molar-refractivity contribution in [2.24, 2.45) is 0 Å². The van der Waals surface area contributed by atoms with Crippen molar-refractivity contribution < 1.29 is 23.3 Å². The molecule has 0 aromatic heterocycles. The second kappa shape index (κ2) is 8.90. The number of halogens is 1. The molecular formula is C23H28FNO4. The molecule has 2 aliphatic rings. The maximum absolute atomic E-state index is 13.8. The number of hydrogen-bond acceptors (Lipinski definition) is 5. The van der Waals surface area contributed by atoms with Crippen molar-refractivity contribution >= 4 is 0 Å². The Balaban J connectivity index is 1.33. The van der Waals surface area contributed by atoms with Gasteiger partial charge in [0.15, 0.2) is 12.1 Å². The van der Waals surface area contributed by atoms with Crippen LogP contribution in [0.3, 0.4) is 0 Å². The van der Waals surface area contributed by atoms with Gasteiger partial charge in [0.2, 0.25) is 0 Å². The fourth-order valence-corrected chi connectivity index (χ4v) is 3.85. The van der Waals surface area contributed by atoms with E-state index >= 15 is 0 Å². The standard InChI is InChI=1S/C23H28FNO4/c1-23(2)28-21-20(26-15-16-8-4-3-5-9-16)19(27-22(21)29-23)14-25-13-12-17-10-6-7-11-18(17)24/h3-11,19-22,25H,12-15H2,1-2H3/t19-,20+,21-,22-/m1/s1. The highest BCUT2D eigenvalue weighted by molar-refractivity contribution is 5.17. The number of benzene rings is 2. The highest BCUT2D eigenvalue weighted by Gasteiger charge is 2.55. The van der Waals surface area contributed by atoms with E-state index in [0.29, 0.717) is 31.7 Å². The van der Waals surface area contributed by atoms with Crippen molar-refractivity contribution in [1.29, 1.82) is 0 Å². The number of ether oxygens (including phenoxy) is 4. The van der Waals surface area contributed by atoms with E-state index in [4.69, 9.17) is 18.9 Å². The summed E-state index contributed by atoms with van der Waals surface area (Å²) in [5, 5.41) is 3.36. The zero-order chi connectivity index (χ0) is 20.3. The summed E-state index contributed by atoms with van der Waals surface area (Å²) in [6.07, 6.45) is -0.549. The minimum atomic E-state index is -0.688. The SMILES string of the molecule is CC1(C)O[C@H]2O[C@H](CNCCc3ccccc3F)[C@H](OCc3ccccc3)[C@H]2O1. The van der Waals surface area contributed by atoms with Crippen LogP contribution < -0.4 is 5.32 Å². The normalized spacial score (nSPS) is 27.8. The fraction of sp³-hybridized carbons (Fsp3) is 0.478. The van der Waals surface area contributed by atoms with E-state index in [1.807, 2.05) is 56.3 Å². The minimum absolute atomic E-state index is 0.172. The van der Waals surface area contributed by atoms with E-state index in [1.54, 1.807) is 6.07 Å². The topological polar surface area (TPSA) is 49.0 Å². The molecule has 2 heterocycles. The highest BCUT2D eigenvalue weighted by Crippen LogP contribution is 2.38. The van der Waals surface area contributed by atoms with Crippen LogP contribution in [0.5, 0.6) is 0 Å². The summed E-state index contributed by atoms with van der Waals surface area (Å²) in [4.78, 5) is 0. The van der Waals surface area contributed by atoms with Gasteiger partial charge in [0.05, 0.1) is 6.61 Å². The second-order valence-electron chi connectivity index (χ2n) is 7.95. The maximum Gasteiger partial charge on any atom is 0.190 e. The van der Waals surface area contributed by atoms with Gasteiger partial charge in [-0.15, -0.1) is 0 Å². The first kappa shape index (κ1) is 20.4. The first-order chi connectivity index (χ1) is 14.0. The lowest BCUT2D eigenvalue weighted by molar-refractivity contribution is -0.218. The van der Waals surface area contributed by atoms with E-state index in [2.05, 4.69) is 5.32 Å². The lowest BCUT2D eigenvalue weighted by Gasteiger charge is -2.26. The van der Waals surface area contributed by atoms with Crippen molar-refractivity contribution in [3.63, 3.8) is 0 Å². The molecule has 4 atom stereocenters. The second-order valence-corrected chi connectivity index (χ2v) is 7.95. The maximum atomic E-state index is 13.8. The Morgan fingerprint density at radius 2 is 1.79 bits per heavy atom. The molecule has 0 aliphatic carbocycles. The average molecular weight is 401 g/mol. The number of nitrogens with one attached hydrogen (secondary N) is 1. The summed E-state index contributed by atoms with van der Waals surface area (Å²) in [6.45, 7) is 5.46. The molecule has 156 valence electrons. The van der Waals surface area contributed by atoms with Crippen LogP contribution in [-0.2, 0) is 32.0 Å². The van der Waals surface area contributed by atoms with E-state index in [9.17, 15) is 4.39 Å². The van der Waals surface area contributed by atoms with Crippen molar-refractivity contribution in [3.05, 3.63) is 71.5 Å². The molecule has 2 fully saturated rings. The van der Waals surface area contributed by atoms with Crippen LogP contribution in [-0.4, -0.2) is 43.5 Å². The third-order valence-electron chi connectivity index (χ3n) is 5.25. The summed E-state index contributed by atoms with van der Waals surface area (Å²) >= 11 is 0. The molecule has 0 spiro atoms. The van der Waals surface area contributed by atoms with Crippen LogP contribution in [0.15, 0.2) is 54.6 Å². The van der Waals surface area contributed by atoms with Crippen LogP contribution in [0.4, 0.5) is 4.39 Å². The zero-order valence-electron chi connectivity index (χ0n) is 16.8. The average Bonchev–Trinajstić information content (AvgIpc) is 3.17. The molecule has 2 saturated heterocycles. The van der Waals surface area contributed by atoms with Crippen molar-refractivity contribution in [2.45, 2.75) is 57.3 Å². The Labute approximate surface area is 171 Å². The number of hydrogen-bond donors (Lipinski definition) is 1. The molecule has 2 aromatic rings. The van der Waals surface area contributed by atoms with E-state index in [-0.39, 0.29) is 24.1 Å². The molecular weight excluding hydrogens is 373 g/mol. The molecule has 0 saturated carbocycles. The lowest BCUT2D eigenvalue weighted by atomic mass is 10.1. The molecule has 0 bridgehead atoms. The monoisotopic (exact) mass is 401 g/mol. The first-order valence-electron chi connectivity index (χ1n) is 10.1. The predicted molar refractivity (Wildman–Crippen MR) is 107 cm³/mol. The van der Waals surface area contributed by atoms with Gasteiger partial charge in [-0.3, -0.25) is 0 Å². The van der Waals surface area contributed by atoms with Crippen LogP contribution in [0.25, 0.3) is 0 Å². The van der Waals surface area contributed by atoms with Gasteiger partial charge in [-0.25, -0.2) is 4.39 Å². The Kier molecular flexibility index (Phi) is 6.27. The van der Waals surface area contributed by atoms with Crippen LogP contribution in [0.2, 0.25) is 0 Å². The molecule has 2 aromatic carbocycles. The molecule has 0 unspecified atom stereocenters. The summed E-state index contributed by atoms with van der Waals surface area (Å²) in [5.41, 5.74) is 1.80. The summed E-state index contributed by atoms with van der Waals surface area (Å²) in [5.74, 6) is -0.860. The molecule has 0 amide bonds. The van der Waals surface area contributed by atoms with Gasteiger partial charge in [-0.1, -0.05) is 48.5 Å². The molecule has 6 heteroatoms. The van der Waals surface area contributed by atoms with E-state index in [0.717, 1.165) is 5.56 Å². The fourth-order valence-electron chi connectivity index (χ4n) is 3.85. The molecule has 0 radical (unpaired) electrons. The largest absolute Gasteiger partial charge is 0.368 e. The number of rotatable bonds is 8. The van der Waals surface area contributed by atoms with E-state index < -0.39 is 12.1 Å². The summed E-state index contributed by atoms with van der Waals surface area (Å²) in [6, 6.07) is 16.9. The van der Waals surface area contributed by atoms with Crippen LogP contribution in [0, 0.1) is 5.82 Å². The van der Waals surface area contributed by atoms with Gasteiger partial charge >= 0.3 is 0 Å². The smallest absolute Gasteiger partial charge is 0.190 e. The Hall–Kier alpha value is -1.83. The van der Waals surface area contributed by atoms with E-state index in [1.165, 1.54) is 6.07 Å². The summed E-state index contributed by atoms with van der Waals surface area (Å²) in [7, 11) is 0. The highest BCUT2D eigenvalue weighted by atomic mass is 19.1. The lowest BCUT2D eigenvalue weighted by Crippen LogP contribution is -2.42.